The first kappa shape index (κ1) is 11.7. The summed E-state index contributed by atoms with van der Waals surface area (Å²) in [7, 11) is 0. The third kappa shape index (κ3) is 2.80. The number of rotatable bonds is 4. The van der Waals surface area contributed by atoms with Gasteiger partial charge in [0.1, 0.15) is 0 Å². The van der Waals surface area contributed by atoms with Crippen molar-refractivity contribution < 1.29 is 14.2 Å². The topological polar surface area (TPSA) is 27.7 Å². The van der Waals surface area contributed by atoms with E-state index in [1.165, 1.54) is 0 Å². The second-order valence-corrected chi connectivity index (χ2v) is 4.08. The van der Waals surface area contributed by atoms with E-state index in [9.17, 15) is 0 Å². The molecule has 0 N–H and O–H groups in total. The zero-order chi connectivity index (χ0) is 10.7. The fraction of sp³-hybridized carbons (Fsp3) is 0.818. The molecule has 3 nitrogen and oxygen atoms in total. The lowest BCUT2D eigenvalue weighted by atomic mass is 9.92. The highest BCUT2D eigenvalue weighted by molar-refractivity contribution is 5.03. The van der Waals surface area contributed by atoms with E-state index in [0.29, 0.717) is 19.8 Å². The Morgan fingerprint density at radius 3 is 2.07 bits per heavy atom. The van der Waals surface area contributed by atoms with Crippen molar-refractivity contribution in [3.63, 3.8) is 0 Å². The lowest BCUT2D eigenvalue weighted by molar-refractivity contribution is -0.357. The Labute approximate surface area is 86.0 Å². The third-order valence-electron chi connectivity index (χ3n) is 2.08. The number of ether oxygens (including phenoxy) is 3. The summed E-state index contributed by atoms with van der Waals surface area (Å²) in [4.78, 5) is 0. The maximum atomic E-state index is 5.63. The standard InChI is InChI=1S/C11H20O3/c1-5-12-11(13-6-2)8-7-10(3,4)9-14-11/h7-8H,5-6,9H2,1-4H3. The van der Waals surface area contributed by atoms with Gasteiger partial charge < -0.3 is 14.2 Å². The van der Waals surface area contributed by atoms with Crippen molar-refractivity contribution >= 4 is 0 Å². The van der Waals surface area contributed by atoms with Crippen LogP contribution in [0.1, 0.15) is 27.7 Å². The van der Waals surface area contributed by atoms with Crippen molar-refractivity contribution in [1.29, 1.82) is 0 Å². The summed E-state index contributed by atoms with van der Waals surface area (Å²) < 4.78 is 16.6. The van der Waals surface area contributed by atoms with Crippen molar-refractivity contribution in [3.8, 4) is 0 Å². The van der Waals surface area contributed by atoms with E-state index in [-0.39, 0.29) is 5.41 Å². The van der Waals surface area contributed by atoms with E-state index in [1.807, 2.05) is 19.9 Å². The van der Waals surface area contributed by atoms with Gasteiger partial charge >= 0.3 is 5.97 Å². The second kappa shape index (κ2) is 4.43. The fourth-order valence-corrected chi connectivity index (χ4v) is 1.33. The molecule has 0 spiro atoms. The lowest BCUT2D eigenvalue weighted by Crippen LogP contribution is -2.43. The largest absolute Gasteiger partial charge is 0.324 e. The van der Waals surface area contributed by atoms with Gasteiger partial charge in [0.25, 0.3) is 0 Å². The predicted octanol–water partition coefficient (Wildman–Crippen LogP) is 2.33. The normalized spacial score (nSPS) is 23.7. The van der Waals surface area contributed by atoms with Crippen molar-refractivity contribution in [2.45, 2.75) is 33.7 Å². The molecule has 0 saturated carbocycles. The molecule has 0 fully saturated rings. The monoisotopic (exact) mass is 200 g/mol. The zero-order valence-electron chi connectivity index (χ0n) is 9.50. The summed E-state index contributed by atoms with van der Waals surface area (Å²) >= 11 is 0. The maximum Gasteiger partial charge on any atom is 0.304 e. The van der Waals surface area contributed by atoms with Crippen LogP contribution in [-0.2, 0) is 14.2 Å². The minimum atomic E-state index is -0.945. The van der Waals surface area contributed by atoms with Gasteiger partial charge in [0.15, 0.2) is 0 Å². The van der Waals surface area contributed by atoms with Gasteiger partial charge in [-0.15, -0.1) is 0 Å². The lowest BCUT2D eigenvalue weighted by Gasteiger charge is -2.37. The Hall–Kier alpha value is -0.380. The van der Waals surface area contributed by atoms with E-state index in [4.69, 9.17) is 14.2 Å². The first-order valence-electron chi connectivity index (χ1n) is 5.16. The molecule has 0 atom stereocenters. The molecule has 0 saturated heterocycles. The Balaban J connectivity index is 2.71. The summed E-state index contributed by atoms with van der Waals surface area (Å²) in [6, 6.07) is 0. The van der Waals surface area contributed by atoms with Gasteiger partial charge in [-0.05, 0) is 13.8 Å². The van der Waals surface area contributed by atoms with E-state index in [0.717, 1.165) is 0 Å². The number of hydrogen-bond donors (Lipinski definition) is 0. The van der Waals surface area contributed by atoms with Crippen LogP contribution in [0.25, 0.3) is 0 Å². The predicted molar refractivity (Wildman–Crippen MR) is 54.9 cm³/mol. The number of hydrogen-bond acceptors (Lipinski definition) is 3. The van der Waals surface area contributed by atoms with E-state index in [2.05, 4.69) is 19.9 Å². The van der Waals surface area contributed by atoms with Gasteiger partial charge in [0.2, 0.25) is 0 Å². The molecule has 0 unspecified atom stereocenters. The van der Waals surface area contributed by atoms with Crippen molar-refractivity contribution in [3.05, 3.63) is 12.2 Å². The van der Waals surface area contributed by atoms with Gasteiger partial charge in [-0.25, -0.2) is 0 Å². The fourth-order valence-electron chi connectivity index (χ4n) is 1.33. The minimum Gasteiger partial charge on any atom is -0.324 e. The van der Waals surface area contributed by atoms with Crippen LogP contribution in [0.3, 0.4) is 0 Å². The van der Waals surface area contributed by atoms with Gasteiger partial charge in [0, 0.05) is 24.7 Å². The minimum absolute atomic E-state index is 0.0672. The van der Waals surface area contributed by atoms with Gasteiger partial charge in [-0.2, -0.15) is 0 Å². The molecular weight excluding hydrogens is 180 g/mol. The maximum absolute atomic E-state index is 5.63. The molecule has 82 valence electrons. The highest BCUT2D eigenvalue weighted by atomic mass is 16.9. The summed E-state index contributed by atoms with van der Waals surface area (Å²) in [5.41, 5.74) is 0.0672. The molecule has 0 aromatic carbocycles. The van der Waals surface area contributed by atoms with E-state index >= 15 is 0 Å². The quantitative estimate of drug-likeness (QED) is 0.515. The van der Waals surface area contributed by atoms with Crippen molar-refractivity contribution in [1.82, 2.24) is 0 Å². The Bertz CT molecular complexity index is 203. The molecule has 1 heterocycles. The molecule has 0 radical (unpaired) electrons. The molecule has 0 amide bonds. The van der Waals surface area contributed by atoms with Crippen LogP contribution >= 0.6 is 0 Å². The van der Waals surface area contributed by atoms with Gasteiger partial charge in [-0.3, -0.25) is 0 Å². The van der Waals surface area contributed by atoms with Crippen LogP contribution in [0.5, 0.6) is 0 Å². The zero-order valence-corrected chi connectivity index (χ0v) is 9.50. The molecule has 0 aromatic heterocycles. The van der Waals surface area contributed by atoms with Crippen LogP contribution in [0.4, 0.5) is 0 Å². The SMILES string of the molecule is CCOC1(OCC)C=CC(C)(C)CO1. The molecule has 0 aliphatic carbocycles. The van der Waals surface area contributed by atoms with Crippen molar-refractivity contribution in [2.75, 3.05) is 19.8 Å². The Morgan fingerprint density at radius 2 is 1.71 bits per heavy atom. The molecule has 14 heavy (non-hydrogen) atoms. The van der Waals surface area contributed by atoms with E-state index < -0.39 is 5.97 Å². The van der Waals surface area contributed by atoms with Crippen LogP contribution in [-0.4, -0.2) is 25.8 Å². The third-order valence-corrected chi connectivity index (χ3v) is 2.08. The van der Waals surface area contributed by atoms with Gasteiger partial charge in [0.05, 0.1) is 6.61 Å². The van der Waals surface area contributed by atoms with Crippen LogP contribution in [0.15, 0.2) is 12.2 Å². The average Bonchev–Trinajstić information content (AvgIpc) is 2.12. The molecule has 1 aliphatic heterocycles. The highest BCUT2D eigenvalue weighted by Gasteiger charge is 2.36. The summed E-state index contributed by atoms with van der Waals surface area (Å²) in [5, 5.41) is 0. The summed E-state index contributed by atoms with van der Waals surface area (Å²) in [6.07, 6.45) is 3.95. The van der Waals surface area contributed by atoms with E-state index in [1.54, 1.807) is 0 Å². The molecule has 0 bridgehead atoms. The molecule has 3 heteroatoms. The Morgan fingerprint density at radius 1 is 1.14 bits per heavy atom. The van der Waals surface area contributed by atoms with Gasteiger partial charge in [-0.1, -0.05) is 19.9 Å². The van der Waals surface area contributed by atoms with Crippen LogP contribution in [0, 0.1) is 5.41 Å². The average molecular weight is 200 g/mol. The van der Waals surface area contributed by atoms with Crippen LogP contribution in [0.2, 0.25) is 0 Å². The van der Waals surface area contributed by atoms with Crippen LogP contribution < -0.4 is 0 Å². The second-order valence-electron chi connectivity index (χ2n) is 4.08. The molecular formula is C11H20O3. The smallest absolute Gasteiger partial charge is 0.304 e. The molecule has 0 aromatic rings. The Kier molecular flexibility index (Phi) is 3.70. The summed E-state index contributed by atoms with van der Waals surface area (Å²) in [5.74, 6) is -0.945. The highest BCUT2D eigenvalue weighted by Crippen LogP contribution is 2.30. The first-order valence-corrected chi connectivity index (χ1v) is 5.16. The summed E-state index contributed by atoms with van der Waals surface area (Å²) in [6.45, 7) is 9.85. The molecule has 1 aliphatic rings. The van der Waals surface area contributed by atoms with Crippen molar-refractivity contribution in [2.24, 2.45) is 5.41 Å². The molecule has 1 rings (SSSR count). The first-order chi connectivity index (χ1) is 6.54.